The Balaban J connectivity index is 0.000000705. The summed E-state index contributed by atoms with van der Waals surface area (Å²) in [5.41, 5.74) is 9.62. The van der Waals surface area contributed by atoms with E-state index in [0.717, 1.165) is 0 Å². The van der Waals surface area contributed by atoms with Crippen molar-refractivity contribution in [1.29, 1.82) is 5.26 Å². The van der Waals surface area contributed by atoms with E-state index >= 15 is 0 Å². The topological polar surface area (TPSA) is 163 Å². The molecule has 2 aromatic carbocycles. The zero-order valence-corrected chi connectivity index (χ0v) is 13.3. The summed E-state index contributed by atoms with van der Waals surface area (Å²) in [6, 6.07) is 11.6. The van der Waals surface area contributed by atoms with Gasteiger partial charge in [-0.05, 0) is 42.5 Å². The second kappa shape index (κ2) is 9.26. The lowest BCUT2D eigenvalue weighted by Gasteiger charge is -2.09. The summed E-state index contributed by atoms with van der Waals surface area (Å²) in [6.07, 6.45) is 0. The van der Waals surface area contributed by atoms with Gasteiger partial charge in [0, 0.05) is 5.69 Å². The van der Waals surface area contributed by atoms with E-state index in [0.29, 0.717) is 17.0 Å². The quantitative estimate of drug-likeness (QED) is 0.537. The number of nitriles is 1. The molecule has 0 fully saturated rings. The molecule has 0 aliphatic carbocycles. The van der Waals surface area contributed by atoms with Crippen molar-refractivity contribution in [2.24, 2.45) is 11.5 Å². The van der Waals surface area contributed by atoms with Crippen molar-refractivity contribution in [3.63, 3.8) is 0 Å². The molecular formula is C16H17N5O4. The second-order valence-corrected chi connectivity index (χ2v) is 4.55. The van der Waals surface area contributed by atoms with Crippen LogP contribution in [0.15, 0.2) is 42.5 Å². The number of anilines is 2. The number of nitrogens with one attached hydrogen (secondary N) is 2. The van der Waals surface area contributed by atoms with Crippen molar-refractivity contribution in [2.45, 2.75) is 0 Å². The van der Waals surface area contributed by atoms with Crippen LogP contribution in [-0.4, -0.2) is 24.3 Å². The maximum atomic E-state index is 11.8. The molecule has 0 heterocycles. The van der Waals surface area contributed by atoms with Crippen molar-refractivity contribution in [1.82, 2.24) is 0 Å². The number of urea groups is 2. The van der Waals surface area contributed by atoms with E-state index < -0.39 is 12.1 Å². The third kappa shape index (κ3) is 6.79. The first-order chi connectivity index (χ1) is 11.8. The maximum absolute atomic E-state index is 11.8. The molecule has 0 bridgehead atoms. The van der Waals surface area contributed by atoms with Gasteiger partial charge < -0.3 is 31.9 Å². The van der Waals surface area contributed by atoms with Crippen LogP contribution < -0.4 is 26.8 Å². The van der Waals surface area contributed by atoms with E-state index in [9.17, 15) is 9.90 Å². The fourth-order valence-electron chi connectivity index (χ4n) is 1.67. The van der Waals surface area contributed by atoms with E-state index in [1.54, 1.807) is 31.4 Å². The summed E-state index contributed by atoms with van der Waals surface area (Å²) in [5.74, 6) is 0.518. The Hall–Kier alpha value is -3.93. The maximum Gasteiger partial charge on any atom is 0.323 e. The fraction of sp³-hybridized carbons (Fsp3) is 0.0625. The number of primary amides is 2. The number of hydrogen-bond donors (Lipinski definition) is 5. The number of amides is 4. The number of methoxy groups -OCH3 is 1. The van der Waals surface area contributed by atoms with Gasteiger partial charge in [0.2, 0.25) is 0 Å². The zero-order chi connectivity index (χ0) is 18.8. The number of carbonyl (C=O) groups is 2. The summed E-state index contributed by atoms with van der Waals surface area (Å²) in [7, 11) is 1.56. The van der Waals surface area contributed by atoms with E-state index in [-0.39, 0.29) is 11.4 Å². The standard InChI is InChI=1S/C15H13N3O3.CH4N2O/c1-21-12-5-3-11(4-6-12)17-15(20)18-13-7-2-10(9-16)8-14(13)19;2-1(3)4/h2-8,19H,1H3,(H2,17,18,20);(H4,2,3,4). The van der Waals surface area contributed by atoms with Crippen LogP contribution in [-0.2, 0) is 0 Å². The zero-order valence-electron chi connectivity index (χ0n) is 13.3. The first kappa shape index (κ1) is 19.1. The Morgan fingerprint density at radius 1 is 1.12 bits per heavy atom. The lowest BCUT2D eigenvalue weighted by Crippen LogP contribution is -2.19. The van der Waals surface area contributed by atoms with Gasteiger partial charge in [0.25, 0.3) is 0 Å². The van der Waals surface area contributed by atoms with Crippen LogP contribution in [0.4, 0.5) is 21.0 Å². The summed E-state index contributed by atoms with van der Waals surface area (Å²) >= 11 is 0. The fourth-order valence-corrected chi connectivity index (χ4v) is 1.67. The average Bonchev–Trinajstić information content (AvgIpc) is 2.57. The van der Waals surface area contributed by atoms with Gasteiger partial charge >= 0.3 is 12.1 Å². The first-order valence-electron chi connectivity index (χ1n) is 6.85. The highest BCUT2D eigenvalue weighted by molar-refractivity contribution is 6.00. The summed E-state index contributed by atoms with van der Waals surface area (Å²) in [5, 5.41) is 23.5. The lowest BCUT2D eigenvalue weighted by atomic mass is 10.2. The van der Waals surface area contributed by atoms with Gasteiger partial charge in [0.15, 0.2) is 0 Å². The van der Waals surface area contributed by atoms with E-state index in [1.165, 1.54) is 18.2 Å². The summed E-state index contributed by atoms with van der Waals surface area (Å²) < 4.78 is 5.02. The van der Waals surface area contributed by atoms with Gasteiger partial charge in [-0.3, -0.25) is 0 Å². The molecule has 4 amide bonds. The molecule has 0 atom stereocenters. The smallest absolute Gasteiger partial charge is 0.323 e. The van der Waals surface area contributed by atoms with Gasteiger partial charge in [0.05, 0.1) is 24.4 Å². The Labute approximate surface area is 143 Å². The highest BCUT2D eigenvalue weighted by Gasteiger charge is 2.07. The molecule has 9 nitrogen and oxygen atoms in total. The number of phenolic OH excluding ortho intramolecular Hbond substituents is 1. The molecule has 2 rings (SSSR count). The van der Waals surface area contributed by atoms with Crippen LogP contribution in [0.2, 0.25) is 0 Å². The third-order valence-electron chi connectivity index (χ3n) is 2.72. The van der Waals surface area contributed by atoms with Gasteiger partial charge in [-0.25, -0.2) is 9.59 Å². The van der Waals surface area contributed by atoms with Gasteiger partial charge in [-0.1, -0.05) is 0 Å². The molecule has 0 saturated carbocycles. The number of ether oxygens (including phenoxy) is 1. The van der Waals surface area contributed by atoms with Gasteiger partial charge in [-0.15, -0.1) is 0 Å². The first-order valence-corrected chi connectivity index (χ1v) is 6.85. The molecule has 0 aromatic heterocycles. The number of carbonyl (C=O) groups excluding carboxylic acids is 2. The monoisotopic (exact) mass is 343 g/mol. The van der Waals surface area contributed by atoms with Crippen LogP contribution in [0.25, 0.3) is 0 Å². The van der Waals surface area contributed by atoms with E-state index in [4.69, 9.17) is 14.8 Å². The Morgan fingerprint density at radius 2 is 1.72 bits per heavy atom. The molecule has 130 valence electrons. The highest BCUT2D eigenvalue weighted by Crippen LogP contribution is 2.24. The van der Waals surface area contributed by atoms with E-state index in [1.807, 2.05) is 6.07 Å². The molecule has 0 spiro atoms. The number of nitrogens with zero attached hydrogens (tertiary/aromatic N) is 1. The molecule has 0 aliphatic heterocycles. The Morgan fingerprint density at radius 3 is 2.20 bits per heavy atom. The van der Waals surface area contributed by atoms with Gasteiger partial charge in [0.1, 0.15) is 11.5 Å². The predicted octanol–water partition coefficient (Wildman–Crippen LogP) is 1.94. The molecule has 2 aromatic rings. The van der Waals surface area contributed by atoms with Crippen LogP contribution in [0.5, 0.6) is 11.5 Å². The Bertz CT molecular complexity index is 780. The molecule has 7 N–H and O–H groups in total. The average molecular weight is 343 g/mol. The summed E-state index contributed by atoms with van der Waals surface area (Å²) in [4.78, 5) is 20.8. The van der Waals surface area contributed by atoms with Crippen molar-refractivity contribution < 1.29 is 19.4 Å². The number of nitrogens with two attached hydrogens (primary N) is 2. The van der Waals surface area contributed by atoms with Crippen molar-refractivity contribution >= 4 is 23.4 Å². The van der Waals surface area contributed by atoms with Crippen LogP contribution in [0, 0.1) is 11.3 Å². The predicted molar refractivity (Wildman–Crippen MR) is 92.2 cm³/mol. The van der Waals surface area contributed by atoms with E-state index in [2.05, 4.69) is 22.1 Å². The Kier molecular flexibility index (Phi) is 7.08. The molecule has 9 heteroatoms. The molecule has 0 radical (unpaired) electrons. The van der Waals surface area contributed by atoms with Crippen LogP contribution >= 0.6 is 0 Å². The molecular weight excluding hydrogens is 326 g/mol. The molecule has 0 saturated heterocycles. The van der Waals surface area contributed by atoms with Crippen molar-refractivity contribution in [2.75, 3.05) is 17.7 Å². The SMILES string of the molecule is COc1ccc(NC(=O)Nc2ccc(C#N)cc2O)cc1.NC(N)=O. The number of hydrogen-bond acceptors (Lipinski definition) is 5. The van der Waals surface area contributed by atoms with Gasteiger partial charge in [-0.2, -0.15) is 5.26 Å². The minimum atomic E-state index is -0.833. The van der Waals surface area contributed by atoms with Crippen LogP contribution in [0.3, 0.4) is 0 Å². The van der Waals surface area contributed by atoms with Crippen molar-refractivity contribution in [3.05, 3.63) is 48.0 Å². The number of phenols is 1. The minimum absolute atomic E-state index is 0.168. The normalized spacial score (nSPS) is 8.96. The number of rotatable bonds is 3. The second-order valence-electron chi connectivity index (χ2n) is 4.55. The summed E-state index contributed by atoms with van der Waals surface area (Å²) in [6.45, 7) is 0. The minimum Gasteiger partial charge on any atom is -0.506 e. The largest absolute Gasteiger partial charge is 0.506 e. The molecule has 0 unspecified atom stereocenters. The third-order valence-corrected chi connectivity index (χ3v) is 2.72. The van der Waals surface area contributed by atoms with Crippen molar-refractivity contribution in [3.8, 4) is 17.6 Å². The number of benzene rings is 2. The lowest BCUT2D eigenvalue weighted by molar-refractivity contribution is 0.256. The molecule has 0 aliphatic rings. The molecule has 25 heavy (non-hydrogen) atoms. The highest BCUT2D eigenvalue weighted by atomic mass is 16.5. The number of aromatic hydroxyl groups is 1. The van der Waals surface area contributed by atoms with Crippen LogP contribution in [0.1, 0.15) is 5.56 Å².